The Hall–Kier alpha value is -2.06. The zero-order valence-corrected chi connectivity index (χ0v) is 11.1. The highest BCUT2D eigenvalue weighted by Gasteiger charge is 2.14. The molecule has 0 bridgehead atoms. The number of rotatable bonds is 0. The summed E-state index contributed by atoms with van der Waals surface area (Å²) < 4.78 is 2.10. The molecule has 0 aliphatic carbocycles. The highest BCUT2D eigenvalue weighted by Crippen LogP contribution is 2.36. The van der Waals surface area contributed by atoms with Gasteiger partial charge in [0.25, 0.3) is 0 Å². The van der Waals surface area contributed by atoms with Gasteiger partial charge in [-0.15, -0.1) is 0 Å². The Bertz CT molecular complexity index is 938. The van der Waals surface area contributed by atoms with Crippen LogP contribution >= 0.6 is 11.6 Å². The van der Waals surface area contributed by atoms with Crippen LogP contribution in [0.3, 0.4) is 0 Å². The second kappa shape index (κ2) is 3.72. The van der Waals surface area contributed by atoms with Gasteiger partial charge < -0.3 is 4.57 Å². The number of benzene rings is 2. The minimum atomic E-state index is 0.789. The van der Waals surface area contributed by atoms with Crippen LogP contribution in [0.25, 0.3) is 32.8 Å². The number of aromatic nitrogens is 2. The molecule has 0 N–H and O–H groups in total. The van der Waals surface area contributed by atoms with Crippen molar-refractivity contribution in [2.24, 2.45) is 7.05 Å². The molecule has 0 aliphatic heterocycles. The molecule has 0 fully saturated rings. The first kappa shape index (κ1) is 10.8. The Morgan fingerprint density at radius 2 is 1.63 bits per heavy atom. The lowest BCUT2D eigenvalue weighted by molar-refractivity contribution is 0.994. The van der Waals surface area contributed by atoms with Crippen molar-refractivity contribution in [3.05, 3.63) is 53.6 Å². The number of aryl methyl sites for hydroxylation is 1. The molecule has 0 saturated heterocycles. The Balaban J connectivity index is 2.38. The summed E-state index contributed by atoms with van der Waals surface area (Å²) in [5, 5.41) is 3.99. The molecular weight excluding hydrogens is 256 g/mol. The van der Waals surface area contributed by atoms with E-state index < -0.39 is 0 Å². The normalized spacial score (nSPS) is 11.7. The molecule has 2 nitrogen and oxygen atoms in total. The number of nitrogens with zero attached hydrogens (tertiary/aromatic N) is 2. The molecule has 0 amide bonds. The molecule has 2 aromatic heterocycles. The largest absolute Gasteiger partial charge is 0.328 e. The summed E-state index contributed by atoms with van der Waals surface area (Å²) >= 11 is 6.61. The molecule has 92 valence electrons. The van der Waals surface area contributed by atoms with E-state index in [-0.39, 0.29) is 0 Å². The monoisotopic (exact) mass is 266 g/mol. The van der Waals surface area contributed by atoms with Gasteiger partial charge in [-0.3, -0.25) is 0 Å². The van der Waals surface area contributed by atoms with E-state index >= 15 is 0 Å². The van der Waals surface area contributed by atoms with Crippen molar-refractivity contribution >= 4 is 44.4 Å². The van der Waals surface area contributed by atoms with Gasteiger partial charge >= 0.3 is 0 Å². The summed E-state index contributed by atoms with van der Waals surface area (Å²) in [4.78, 5) is 4.75. The number of halogens is 1. The zero-order chi connectivity index (χ0) is 13.0. The lowest BCUT2D eigenvalue weighted by atomic mass is 10.1. The summed E-state index contributed by atoms with van der Waals surface area (Å²) in [6, 6.07) is 16.3. The van der Waals surface area contributed by atoms with Crippen LogP contribution in [-0.4, -0.2) is 9.55 Å². The van der Waals surface area contributed by atoms with Gasteiger partial charge in [0.05, 0.1) is 16.1 Å². The first-order valence-corrected chi connectivity index (χ1v) is 6.56. The topological polar surface area (TPSA) is 17.8 Å². The van der Waals surface area contributed by atoms with Crippen LogP contribution in [0.5, 0.6) is 0 Å². The molecule has 0 spiro atoms. The van der Waals surface area contributed by atoms with Crippen LogP contribution in [0.15, 0.2) is 48.5 Å². The maximum atomic E-state index is 6.61. The Labute approximate surface area is 115 Å². The molecule has 0 aliphatic rings. The molecule has 2 aromatic carbocycles. The van der Waals surface area contributed by atoms with E-state index in [4.69, 9.17) is 16.6 Å². The second-order valence-corrected chi connectivity index (χ2v) is 5.10. The lowest BCUT2D eigenvalue weighted by Crippen LogP contribution is -1.90. The first-order chi connectivity index (χ1) is 9.27. The molecule has 0 unspecified atom stereocenters. The highest BCUT2D eigenvalue weighted by atomic mass is 35.5. The van der Waals surface area contributed by atoms with Crippen LogP contribution in [0.1, 0.15) is 0 Å². The molecule has 4 rings (SSSR count). The number of para-hydroxylation sites is 2. The van der Waals surface area contributed by atoms with Crippen molar-refractivity contribution in [3.8, 4) is 0 Å². The zero-order valence-electron chi connectivity index (χ0n) is 10.4. The molecule has 2 heterocycles. The first-order valence-electron chi connectivity index (χ1n) is 6.19. The van der Waals surface area contributed by atoms with Gasteiger partial charge in [0.1, 0.15) is 5.65 Å². The van der Waals surface area contributed by atoms with Crippen molar-refractivity contribution < 1.29 is 0 Å². The van der Waals surface area contributed by atoms with Crippen molar-refractivity contribution in [1.82, 2.24) is 9.55 Å². The summed E-state index contributed by atoms with van der Waals surface area (Å²) in [6.45, 7) is 0. The van der Waals surface area contributed by atoms with Crippen molar-refractivity contribution in [3.63, 3.8) is 0 Å². The molecule has 0 radical (unpaired) electrons. The van der Waals surface area contributed by atoms with Gasteiger partial charge in [-0.25, -0.2) is 4.98 Å². The smallest absolute Gasteiger partial charge is 0.142 e. The number of pyridine rings is 1. The van der Waals surface area contributed by atoms with E-state index in [1.165, 1.54) is 0 Å². The maximum Gasteiger partial charge on any atom is 0.142 e. The van der Waals surface area contributed by atoms with E-state index in [0.717, 1.165) is 37.9 Å². The SMILES string of the molecule is Cn1c2ccccc2c2c(Cl)c3ccccc3nc21. The molecule has 0 atom stereocenters. The van der Waals surface area contributed by atoms with Gasteiger partial charge in [-0.05, 0) is 12.1 Å². The average molecular weight is 267 g/mol. The van der Waals surface area contributed by atoms with Crippen molar-refractivity contribution in [1.29, 1.82) is 0 Å². The number of fused-ring (bicyclic) bond motifs is 4. The maximum absolute atomic E-state index is 6.61. The standard InChI is InChI=1S/C16H11ClN2/c1-19-13-9-5-3-7-11(13)14-15(17)10-6-2-4-8-12(10)18-16(14)19/h2-9H,1H3. The fraction of sp³-hybridized carbons (Fsp3) is 0.0625. The van der Waals surface area contributed by atoms with E-state index in [0.29, 0.717) is 0 Å². The molecule has 3 heteroatoms. The van der Waals surface area contributed by atoms with Crippen LogP contribution < -0.4 is 0 Å². The van der Waals surface area contributed by atoms with E-state index in [9.17, 15) is 0 Å². The predicted octanol–water partition coefficient (Wildman–Crippen LogP) is 4.53. The van der Waals surface area contributed by atoms with Gasteiger partial charge in [-0.1, -0.05) is 48.0 Å². The Morgan fingerprint density at radius 1 is 0.947 bits per heavy atom. The number of hydrogen-bond acceptors (Lipinski definition) is 1. The van der Waals surface area contributed by atoms with Crippen LogP contribution in [0.4, 0.5) is 0 Å². The molecule has 19 heavy (non-hydrogen) atoms. The third kappa shape index (κ3) is 1.35. The van der Waals surface area contributed by atoms with Gasteiger partial charge in [-0.2, -0.15) is 0 Å². The Kier molecular flexibility index (Phi) is 2.12. The average Bonchev–Trinajstić information content (AvgIpc) is 2.74. The summed E-state index contributed by atoms with van der Waals surface area (Å²) in [6.07, 6.45) is 0. The molecule has 4 aromatic rings. The third-order valence-electron chi connectivity index (χ3n) is 3.66. The minimum Gasteiger partial charge on any atom is -0.328 e. The fourth-order valence-electron chi connectivity index (χ4n) is 2.73. The van der Waals surface area contributed by atoms with Crippen LogP contribution in [-0.2, 0) is 7.05 Å². The van der Waals surface area contributed by atoms with Gasteiger partial charge in [0, 0.05) is 23.2 Å². The summed E-state index contributed by atoms with van der Waals surface area (Å²) in [7, 11) is 2.03. The minimum absolute atomic E-state index is 0.789. The van der Waals surface area contributed by atoms with Gasteiger partial charge in [0.2, 0.25) is 0 Å². The second-order valence-electron chi connectivity index (χ2n) is 4.72. The molecular formula is C16H11ClN2. The summed E-state index contributed by atoms with van der Waals surface area (Å²) in [5.41, 5.74) is 3.03. The van der Waals surface area contributed by atoms with Crippen LogP contribution in [0, 0.1) is 0 Å². The lowest BCUT2D eigenvalue weighted by Gasteiger charge is -2.03. The summed E-state index contributed by atoms with van der Waals surface area (Å²) in [5.74, 6) is 0. The fourth-order valence-corrected chi connectivity index (χ4v) is 3.08. The van der Waals surface area contributed by atoms with E-state index in [1.807, 2.05) is 43.4 Å². The van der Waals surface area contributed by atoms with E-state index in [1.54, 1.807) is 0 Å². The van der Waals surface area contributed by atoms with Crippen molar-refractivity contribution in [2.45, 2.75) is 0 Å². The van der Waals surface area contributed by atoms with Crippen LogP contribution in [0.2, 0.25) is 5.02 Å². The Morgan fingerprint density at radius 3 is 2.47 bits per heavy atom. The quantitative estimate of drug-likeness (QED) is 0.457. The highest BCUT2D eigenvalue weighted by molar-refractivity contribution is 6.42. The number of hydrogen-bond donors (Lipinski definition) is 0. The third-order valence-corrected chi connectivity index (χ3v) is 4.05. The predicted molar refractivity (Wildman–Crippen MR) is 80.7 cm³/mol. The molecule has 0 saturated carbocycles. The van der Waals surface area contributed by atoms with Crippen molar-refractivity contribution in [2.75, 3.05) is 0 Å². The van der Waals surface area contributed by atoms with Gasteiger partial charge in [0.15, 0.2) is 0 Å². The van der Waals surface area contributed by atoms with E-state index in [2.05, 4.69) is 16.7 Å².